The van der Waals surface area contributed by atoms with Gasteiger partial charge in [-0.05, 0) is 36.8 Å². The van der Waals surface area contributed by atoms with Crippen LogP contribution in [0.5, 0.6) is 5.75 Å². The van der Waals surface area contributed by atoms with Crippen LogP contribution in [0.25, 0.3) is 0 Å². The fourth-order valence-electron chi connectivity index (χ4n) is 2.20. The van der Waals surface area contributed by atoms with E-state index in [9.17, 15) is 19.7 Å². The van der Waals surface area contributed by atoms with Crippen LogP contribution in [0.3, 0.4) is 0 Å². The molecule has 2 aromatic rings. The quantitative estimate of drug-likeness (QED) is 0.277. The van der Waals surface area contributed by atoms with Crippen LogP contribution in [0, 0.1) is 17.0 Å². The Kier molecular flexibility index (Phi) is 7.77. The molecule has 0 aliphatic rings. The summed E-state index contributed by atoms with van der Waals surface area (Å²) in [6.07, 6.45) is 0. The molecule has 0 aliphatic carbocycles. The summed E-state index contributed by atoms with van der Waals surface area (Å²) < 4.78 is 10.1. The van der Waals surface area contributed by atoms with Crippen molar-refractivity contribution < 1.29 is 24.0 Å². The van der Waals surface area contributed by atoms with Gasteiger partial charge in [0.1, 0.15) is 5.75 Å². The Morgan fingerprint density at radius 1 is 1.07 bits per heavy atom. The Balaban J connectivity index is 1.58. The first-order valence-corrected chi connectivity index (χ1v) is 8.54. The Morgan fingerprint density at radius 3 is 2.50 bits per heavy atom. The molecule has 0 spiro atoms. The lowest BCUT2D eigenvalue weighted by molar-refractivity contribution is -0.384. The van der Waals surface area contributed by atoms with Gasteiger partial charge in [0.05, 0.1) is 4.92 Å². The van der Waals surface area contributed by atoms with E-state index in [0.29, 0.717) is 24.5 Å². The third-order valence-corrected chi connectivity index (χ3v) is 3.56. The highest BCUT2D eigenvalue weighted by molar-refractivity contribution is 5.80. The van der Waals surface area contributed by atoms with E-state index in [0.717, 1.165) is 5.56 Å². The Morgan fingerprint density at radius 2 is 1.82 bits per heavy atom. The molecule has 0 heterocycles. The van der Waals surface area contributed by atoms with E-state index in [4.69, 9.17) is 9.47 Å². The number of aryl methyl sites for hydroxylation is 1. The second kappa shape index (κ2) is 10.5. The van der Waals surface area contributed by atoms with Crippen molar-refractivity contribution in [1.82, 2.24) is 5.32 Å². The second-order valence-electron chi connectivity index (χ2n) is 5.85. The first kappa shape index (κ1) is 20.7. The number of non-ortho nitro benzene ring substituents is 1. The van der Waals surface area contributed by atoms with E-state index in [1.54, 1.807) is 24.3 Å². The smallest absolute Gasteiger partial charge is 0.344 e. The zero-order valence-corrected chi connectivity index (χ0v) is 15.3. The molecular weight excluding hydrogens is 366 g/mol. The summed E-state index contributed by atoms with van der Waals surface area (Å²) in [4.78, 5) is 33.4. The second-order valence-corrected chi connectivity index (χ2v) is 5.85. The SMILES string of the molecule is Cc1cccc(OCC(=O)OCC(=O)NCCNc2ccc([N+](=O)[O-])cc2)c1. The zero-order valence-electron chi connectivity index (χ0n) is 15.3. The summed E-state index contributed by atoms with van der Waals surface area (Å²) in [5.41, 5.74) is 1.71. The normalized spacial score (nSPS) is 10.0. The van der Waals surface area contributed by atoms with Crippen molar-refractivity contribution >= 4 is 23.3 Å². The number of amides is 1. The lowest BCUT2D eigenvalue weighted by atomic mass is 10.2. The van der Waals surface area contributed by atoms with Gasteiger partial charge in [-0.25, -0.2) is 4.79 Å². The molecule has 0 atom stereocenters. The van der Waals surface area contributed by atoms with Crippen LogP contribution in [0.2, 0.25) is 0 Å². The van der Waals surface area contributed by atoms with Gasteiger partial charge in [0.15, 0.2) is 13.2 Å². The fourth-order valence-corrected chi connectivity index (χ4v) is 2.20. The molecule has 0 saturated carbocycles. The molecule has 28 heavy (non-hydrogen) atoms. The van der Waals surface area contributed by atoms with Crippen molar-refractivity contribution in [3.05, 3.63) is 64.2 Å². The van der Waals surface area contributed by atoms with Crippen LogP contribution >= 0.6 is 0 Å². The lowest BCUT2D eigenvalue weighted by Gasteiger charge is -2.09. The number of carbonyl (C=O) groups excluding carboxylic acids is 2. The summed E-state index contributed by atoms with van der Waals surface area (Å²) in [5, 5.41) is 16.2. The number of ether oxygens (including phenoxy) is 2. The van der Waals surface area contributed by atoms with Crippen LogP contribution in [0.15, 0.2) is 48.5 Å². The molecule has 0 aliphatic heterocycles. The predicted octanol–water partition coefficient (Wildman–Crippen LogP) is 2.05. The zero-order chi connectivity index (χ0) is 20.4. The van der Waals surface area contributed by atoms with Crippen LogP contribution in [-0.2, 0) is 14.3 Å². The number of nitrogens with zero attached hydrogens (tertiary/aromatic N) is 1. The van der Waals surface area contributed by atoms with E-state index in [2.05, 4.69) is 10.6 Å². The molecule has 2 rings (SSSR count). The number of nitrogens with one attached hydrogen (secondary N) is 2. The summed E-state index contributed by atoms with van der Waals surface area (Å²) in [7, 11) is 0. The maximum atomic E-state index is 11.7. The maximum absolute atomic E-state index is 11.7. The number of carbonyl (C=O) groups is 2. The molecule has 0 bridgehead atoms. The number of esters is 1. The Labute approximate surface area is 161 Å². The highest BCUT2D eigenvalue weighted by atomic mass is 16.6. The number of nitro groups is 1. The van der Waals surface area contributed by atoms with Crippen molar-refractivity contribution in [1.29, 1.82) is 0 Å². The van der Waals surface area contributed by atoms with Gasteiger partial charge in [0.25, 0.3) is 11.6 Å². The molecule has 1 amide bonds. The summed E-state index contributed by atoms with van der Waals surface area (Å²) in [5.74, 6) is -0.520. The maximum Gasteiger partial charge on any atom is 0.344 e. The highest BCUT2D eigenvalue weighted by Crippen LogP contribution is 2.15. The average molecular weight is 387 g/mol. The van der Waals surface area contributed by atoms with Gasteiger partial charge in [0, 0.05) is 30.9 Å². The third kappa shape index (κ3) is 7.32. The number of hydrogen-bond acceptors (Lipinski definition) is 7. The van der Waals surface area contributed by atoms with Crippen molar-refractivity contribution in [2.24, 2.45) is 0 Å². The van der Waals surface area contributed by atoms with E-state index in [-0.39, 0.29) is 12.3 Å². The van der Waals surface area contributed by atoms with Gasteiger partial charge in [0.2, 0.25) is 0 Å². The summed E-state index contributed by atoms with van der Waals surface area (Å²) in [6.45, 7) is 1.94. The van der Waals surface area contributed by atoms with E-state index >= 15 is 0 Å². The Bertz CT molecular complexity index is 823. The number of rotatable bonds is 10. The lowest BCUT2D eigenvalue weighted by Crippen LogP contribution is -2.33. The first-order valence-electron chi connectivity index (χ1n) is 8.54. The van der Waals surface area contributed by atoms with Gasteiger partial charge >= 0.3 is 5.97 Å². The summed E-state index contributed by atoms with van der Waals surface area (Å²) >= 11 is 0. The molecule has 9 nitrogen and oxygen atoms in total. The topological polar surface area (TPSA) is 120 Å². The van der Waals surface area contributed by atoms with Crippen molar-refractivity contribution in [3.63, 3.8) is 0 Å². The molecular formula is C19H21N3O6. The number of benzene rings is 2. The van der Waals surface area contributed by atoms with E-state index < -0.39 is 23.4 Å². The van der Waals surface area contributed by atoms with Crippen molar-refractivity contribution in [2.75, 3.05) is 31.6 Å². The Hall–Kier alpha value is -3.62. The molecule has 148 valence electrons. The molecule has 0 unspecified atom stereocenters. The highest BCUT2D eigenvalue weighted by Gasteiger charge is 2.08. The van der Waals surface area contributed by atoms with Gasteiger partial charge in [-0.3, -0.25) is 14.9 Å². The van der Waals surface area contributed by atoms with Crippen LogP contribution in [0.1, 0.15) is 5.56 Å². The molecule has 2 N–H and O–H groups in total. The molecule has 0 fully saturated rings. The minimum absolute atomic E-state index is 0.00653. The van der Waals surface area contributed by atoms with E-state index in [1.165, 1.54) is 12.1 Å². The minimum Gasteiger partial charge on any atom is -0.482 e. The van der Waals surface area contributed by atoms with E-state index in [1.807, 2.05) is 19.1 Å². The van der Waals surface area contributed by atoms with Crippen molar-refractivity contribution in [2.45, 2.75) is 6.92 Å². The van der Waals surface area contributed by atoms with Gasteiger partial charge in [-0.1, -0.05) is 12.1 Å². The van der Waals surface area contributed by atoms with Crippen LogP contribution in [-0.4, -0.2) is 43.1 Å². The summed E-state index contributed by atoms with van der Waals surface area (Å²) in [6, 6.07) is 13.2. The molecule has 0 radical (unpaired) electrons. The predicted molar refractivity (Wildman–Crippen MR) is 102 cm³/mol. The van der Waals surface area contributed by atoms with Gasteiger partial charge < -0.3 is 20.1 Å². The first-order chi connectivity index (χ1) is 13.4. The number of nitro benzene ring substituents is 1. The van der Waals surface area contributed by atoms with Gasteiger partial charge in [-0.15, -0.1) is 0 Å². The van der Waals surface area contributed by atoms with Crippen LogP contribution in [0.4, 0.5) is 11.4 Å². The molecule has 0 saturated heterocycles. The number of anilines is 1. The van der Waals surface area contributed by atoms with Crippen molar-refractivity contribution in [3.8, 4) is 5.75 Å². The largest absolute Gasteiger partial charge is 0.482 e. The van der Waals surface area contributed by atoms with Crippen LogP contribution < -0.4 is 15.4 Å². The molecule has 0 aromatic heterocycles. The monoisotopic (exact) mass is 387 g/mol. The molecule has 2 aromatic carbocycles. The minimum atomic E-state index is -0.638. The van der Waals surface area contributed by atoms with Gasteiger partial charge in [-0.2, -0.15) is 0 Å². The third-order valence-electron chi connectivity index (χ3n) is 3.56. The fraction of sp³-hybridized carbons (Fsp3) is 0.263. The molecule has 9 heteroatoms. The number of hydrogen-bond donors (Lipinski definition) is 2. The average Bonchev–Trinajstić information content (AvgIpc) is 2.68. The standard InChI is InChI=1S/C19H21N3O6/c1-14-3-2-4-17(11-14)27-13-19(24)28-12-18(23)21-10-9-20-15-5-7-16(8-6-15)22(25)26/h2-8,11,20H,9-10,12-13H2,1H3,(H,21,23).